The first-order valence-electron chi connectivity index (χ1n) is 4.83. The Morgan fingerprint density at radius 2 is 1.86 bits per heavy atom. The van der Waals surface area contributed by atoms with E-state index in [1.165, 1.54) is 18.4 Å². The summed E-state index contributed by atoms with van der Waals surface area (Å²) in [5, 5.41) is 0. The van der Waals surface area contributed by atoms with Gasteiger partial charge in [0.15, 0.2) is 0 Å². The minimum atomic E-state index is 0. The molecule has 0 nitrogen and oxygen atoms in total. The standard InChI is InChI=1S/C13H14.Li.H/c1-2-6-12(7-3-1)10-11-13-8-4-5-9-13;;/h1-8H,9-11H2;;/q;+1;-1. The summed E-state index contributed by atoms with van der Waals surface area (Å²) in [6.07, 6.45) is 10.2. The molecule has 0 atom stereocenters. The predicted octanol–water partition coefficient (Wildman–Crippen LogP) is 0.622. The van der Waals surface area contributed by atoms with Gasteiger partial charge in [-0.15, -0.1) is 0 Å². The van der Waals surface area contributed by atoms with E-state index in [0.29, 0.717) is 0 Å². The van der Waals surface area contributed by atoms with Crippen LogP contribution in [-0.2, 0) is 6.42 Å². The van der Waals surface area contributed by atoms with Crippen LogP contribution in [0.2, 0.25) is 0 Å². The Morgan fingerprint density at radius 3 is 2.50 bits per heavy atom. The fraction of sp³-hybridized carbons (Fsp3) is 0.231. The molecule has 0 N–H and O–H groups in total. The molecule has 0 fully saturated rings. The van der Waals surface area contributed by atoms with Crippen molar-refractivity contribution in [3.05, 3.63) is 59.7 Å². The molecule has 2 rings (SSSR count). The Kier molecular flexibility index (Phi) is 4.80. The maximum absolute atomic E-state index is 2.24. The van der Waals surface area contributed by atoms with Crippen LogP contribution in [0.3, 0.4) is 0 Å². The largest absolute Gasteiger partial charge is 1.00 e. The van der Waals surface area contributed by atoms with E-state index in [4.69, 9.17) is 0 Å². The van der Waals surface area contributed by atoms with Crippen molar-refractivity contribution in [2.24, 2.45) is 0 Å². The van der Waals surface area contributed by atoms with Gasteiger partial charge < -0.3 is 1.43 Å². The van der Waals surface area contributed by atoms with Gasteiger partial charge in [-0.25, -0.2) is 0 Å². The van der Waals surface area contributed by atoms with Gasteiger partial charge in [-0.2, -0.15) is 0 Å². The van der Waals surface area contributed by atoms with E-state index in [1.807, 2.05) is 0 Å². The van der Waals surface area contributed by atoms with Crippen molar-refractivity contribution in [3.8, 4) is 0 Å². The Morgan fingerprint density at radius 1 is 1.07 bits per heavy atom. The maximum Gasteiger partial charge on any atom is 1.00 e. The summed E-state index contributed by atoms with van der Waals surface area (Å²) in [5.41, 5.74) is 3.00. The molecule has 1 aliphatic carbocycles. The van der Waals surface area contributed by atoms with Crippen LogP contribution in [0, 0.1) is 0 Å². The van der Waals surface area contributed by atoms with E-state index < -0.39 is 0 Å². The van der Waals surface area contributed by atoms with Crippen molar-refractivity contribution in [3.63, 3.8) is 0 Å². The monoisotopic (exact) mass is 178 g/mol. The molecule has 0 spiro atoms. The first kappa shape index (κ1) is 11.4. The Labute approximate surface area is 99.4 Å². The van der Waals surface area contributed by atoms with E-state index in [1.54, 1.807) is 5.57 Å². The van der Waals surface area contributed by atoms with Gasteiger partial charge in [0.25, 0.3) is 0 Å². The summed E-state index contributed by atoms with van der Waals surface area (Å²) in [5.74, 6) is 0. The van der Waals surface area contributed by atoms with Gasteiger partial charge in [0.05, 0.1) is 0 Å². The van der Waals surface area contributed by atoms with Crippen LogP contribution in [0.15, 0.2) is 54.1 Å². The number of allylic oxidation sites excluding steroid dienone is 4. The van der Waals surface area contributed by atoms with Crippen LogP contribution in [-0.4, -0.2) is 0 Å². The van der Waals surface area contributed by atoms with Crippen LogP contribution >= 0.6 is 0 Å². The molecule has 1 aromatic carbocycles. The normalized spacial score (nSPS) is 13.6. The molecular formula is C13H15Li. The average molecular weight is 178 g/mol. The molecule has 0 aromatic heterocycles. The molecule has 0 amide bonds. The Bertz CT molecular complexity index is 328. The summed E-state index contributed by atoms with van der Waals surface area (Å²) in [6.45, 7) is 0. The topological polar surface area (TPSA) is 0 Å². The van der Waals surface area contributed by atoms with Crippen molar-refractivity contribution in [2.45, 2.75) is 19.3 Å². The minimum Gasteiger partial charge on any atom is -1.00 e. The van der Waals surface area contributed by atoms with Crippen molar-refractivity contribution >= 4 is 0 Å². The van der Waals surface area contributed by atoms with E-state index >= 15 is 0 Å². The molecule has 0 heterocycles. The number of rotatable bonds is 3. The van der Waals surface area contributed by atoms with Gasteiger partial charge in [-0.1, -0.05) is 54.1 Å². The first-order valence-corrected chi connectivity index (χ1v) is 4.83. The fourth-order valence-corrected chi connectivity index (χ4v) is 1.63. The van der Waals surface area contributed by atoms with Crippen LogP contribution in [0.5, 0.6) is 0 Å². The molecule has 0 bridgehead atoms. The molecule has 0 aliphatic heterocycles. The van der Waals surface area contributed by atoms with Crippen molar-refractivity contribution in [2.75, 3.05) is 0 Å². The first-order chi connectivity index (χ1) is 6.45. The summed E-state index contributed by atoms with van der Waals surface area (Å²) < 4.78 is 0. The van der Waals surface area contributed by atoms with Gasteiger partial charge in [0, 0.05) is 0 Å². The average Bonchev–Trinajstić information content (AvgIpc) is 2.69. The molecule has 0 saturated carbocycles. The van der Waals surface area contributed by atoms with Crippen LogP contribution in [0.1, 0.15) is 19.8 Å². The second kappa shape index (κ2) is 5.91. The third-order valence-corrected chi connectivity index (χ3v) is 2.43. The summed E-state index contributed by atoms with van der Waals surface area (Å²) in [4.78, 5) is 0. The molecule has 1 aromatic rings. The van der Waals surface area contributed by atoms with Gasteiger partial charge >= 0.3 is 18.9 Å². The van der Waals surface area contributed by atoms with Crippen LogP contribution in [0.4, 0.5) is 0 Å². The number of hydrogen-bond donors (Lipinski definition) is 0. The molecule has 0 radical (unpaired) electrons. The van der Waals surface area contributed by atoms with Crippen molar-refractivity contribution in [1.82, 2.24) is 0 Å². The molecule has 1 aliphatic rings. The van der Waals surface area contributed by atoms with E-state index in [9.17, 15) is 0 Å². The zero-order valence-electron chi connectivity index (χ0n) is 9.74. The minimum absolute atomic E-state index is 0. The molecule has 1 heteroatoms. The molecule has 0 saturated heterocycles. The zero-order chi connectivity index (χ0) is 8.93. The third-order valence-electron chi connectivity index (χ3n) is 2.43. The summed E-state index contributed by atoms with van der Waals surface area (Å²) >= 11 is 0. The van der Waals surface area contributed by atoms with E-state index in [2.05, 4.69) is 48.6 Å². The van der Waals surface area contributed by atoms with Gasteiger partial charge in [-0.3, -0.25) is 0 Å². The second-order valence-electron chi connectivity index (χ2n) is 3.44. The molecular weight excluding hydrogens is 163 g/mol. The smallest absolute Gasteiger partial charge is 1.00 e. The van der Waals surface area contributed by atoms with Crippen molar-refractivity contribution < 1.29 is 20.3 Å². The maximum atomic E-state index is 2.24. The Balaban J connectivity index is 0.000000980. The fourth-order valence-electron chi connectivity index (χ4n) is 1.63. The summed E-state index contributed by atoms with van der Waals surface area (Å²) in [6, 6.07) is 10.7. The second-order valence-corrected chi connectivity index (χ2v) is 3.44. The third kappa shape index (κ3) is 3.22. The van der Waals surface area contributed by atoms with Gasteiger partial charge in [0.2, 0.25) is 0 Å². The molecule has 0 unspecified atom stereocenters. The number of benzene rings is 1. The molecule has 14 heavy (non-hydrogen) atoms. The van der Waals surface area contributed by atoms with Crippen molar-refractivity contribution in [1.29, 1.82) is 0 Å². The molecule has 68 valence electrons. The van der Waals surface area contributed by atoms with E-state index in [0.717, 1.165) is 6.42 Å². The zero-order valence-corrected chi connectivity index (χ0v) is 8.74. The van der Waals surface area contributed by atoms with Gasteiger partial charge in [-0.05, 0) is 24.8 Å². The van der Waals surface area contributed by atoms with E-state index in [-0.39, 0.29) is 20.3 Å². The predicted molar refractivity (Wildman–Crippen MR) is 57.7 cm³/mol. The van der Waals surface area contributed by atoms with Crippen LogP contribution in [0.25, 0.3) is 0 Å². The number of aryl methyl sites for hydroxylation is 1. The summed E-state index contributed by atoms with van der Waals surface area (Å²) in [7, 11) is 0. The van der Waals surface area contributed by atoms with Crippen LogP contribution < -0.4 is 18.9 Å². The van der Waals surface area contributed by atoms with Gasteiger partial charge in [0.1, 0.15) is 0 Å². The number of hydrogen-bond acceptors (Lipinski definition) is 0. The Hall–Kier alpha value is -0.703. The SMILES string of the molecule is C1=CCC(CCc2ccccc2)=C1.[H-].[Li+]. The quantitative estimate of drug-likeness (QED) is 0.595.